The van der Waals surface area contributed by atoms with Gasteiger partial charge in [0.1, 0.15) is 0 Å². The molecule has 1 fully saturated rings. The van der Waals surface area contributed by atoms with Crippen molar-refractivity contribution >= 4 is 46.4 Å². The first-order valence-electron chi connectivity index (χ1n) is 8.60. The number of esters is 1. The normalized spacial score (nSPS) is 15.8. The largest absolute Gasteiger partial charge is 0.455 e. The van der Waals surface area contributed by atoms with Crippen LogP contribution in [0.25, 0.3) is 0 Å². The Labute approximate surface area is 170 Å². The zero-order chi connectivity index (χ0) is 21.0. The van der Waals surface area contributed by atoms with Crippen LogP contribution in [-0.4, -0.2) is 35.9 Å². The molecular weight excluding hydrogens is 402 g/mol. The number of nitrogens with one attached hydrogen (secondary N) is 1. The van der Waals surface area contributed by atoms with Gasteiger partial charge in [0.25, 0.3) is 11.6 Å². The number of anilines is 2. The standard InChI is InChI=1S/C19H16ClN3O6/c20-13-2-1-3-14(9-13)21-17(24)11-29-19(26)12-8-18(25)22(10-12)15-4-6-16(7-5-15)23(27)28/h1-7,9,12H,8,10-11H2,(H,21,24)/t12-/m1/s1. The molecule has 0 saturated carbocycles. The summed E-state index contributed by atoms with van der Waals surface area (Å²) in [6.45, 7) is -0.418. The van der Waals surface area contributed by atoms with Gasteiger partial charge in [-0.25, -0.2) is 0 Å². The van der Waals surface area contributed by atoms with Crippen molar-refractivity contribution in [3.05, 3.63) is 63.7 Å². The number of hydrogen-bond acceptors (Lipinski definition) is 6. The van der Waals surface area contributed by atoms with Gasteiger partial charge >= 0.3 is 5.97 Å². The Morgan fingerprint density at radius 1 is 1.24 bits per heavy atom. The molecule has 1 heterocycles. The third-order valence-electron chi connectivity index (χ3n) is 4.28. The Bertz CT molecular complexity index is 963. The summed E-state index contributed by atoms with van der Waals surface area (Å²) < 4.78 is 5.02. The first-order chi connectivity index (χ1) is 13.8. The summed E-state index contributed by atoms with van der Waals surface area (Å²) in [7, 11) is 0. The number of amides is 2. The second-order valence-electron chi connectivity index (χ2n) is 6.35. The first-order valence-corrected chi connectivity index (χ1v) is 8.98. The van der Waals surface area contributed by atoms with Crippen molar-refractivity contribution in [3.8, 4) is 0 Å². The van der Waals surface area contributed by atoms with Crippen molar-refractivity contribution in [1.29, 1.82) is 0 Å². The summed E-state index contributed by atoms with van der Waals surface area (Å²) in [6.07, 6.45) is -0.0638. The Hall–Kier alpha value is -3.46. The number of nitro benzene ring substituents is 1. The molecule has 3 rings (SSSR count). The molecule has 29 heavy (non-hydrogen) atoms. The van der Waals surface area contributed by atoms with Crippen LogP contribution in [0.4, 0.5) is 17.1 Å². The van der Waals surface area contributed by atoms with E-state index >= 15 is 0 Å². The number of ether oxygens (including phenoxy) is 1. The van der Waals surface area contributed by atoms with Gasteiger partial charge < -0.3 is 15.0 Å². The van der Waals surface area contributed by atoms with Crippen LogP contribution in [0.2, 0.25) is 5.02 Å². The topological polar surface area (TPSA) is 119 Å². The maximum atomic E-state index is 12.2. The lowest BCUT2D eigenvalue weighted by molar-refractivity contribution is -0.384. The van der Waals surface area contributed by atoms with E-state index in [9.17, 15) is 24.5 Å². The minimum atomic E-state index is -0.725. The number of halogens is 1. The Balaban J connectivity index is 1.53. The minimum absolute atomic E-state index is 0.0638. The van der Waals surface area contributed by atoms with E-state index in [1.54, 1.807) is 24.3 Å². The second-order valence-corrected chi connectivity index (χ2v) is 6.78. The van der Waals surface area contributed by atoms with Crippen molar-refractivity contribution in [3.63, 3.8) is 0 Å². The number of non-ortho nitro benzene ring substituents is 1. The maximum Gasteiger partial charge on any atom is 0.311 e. The lowest BCUT2D eigenvalue weighted by Crippen LogP contribution is -2.28. The third kappa shape index (κ3) is 5.08. The molecule has 2 amide bonds. The molecule has 0 bridgehead atoms. The first kappa shape index (κ1) is 20.3. The molecule has 0 aromatic heterocycles. The molecule has 0 spiro atoms. The Morgan fingerprint density at radius 2 is 1.97 bits per heavy atom. The summed E-state index contributed by atoms with van der Waals surface area (Å²) >= 11 is 5.84. The van der Waals surface area contributed by atoms with Crippen molar-refractivity contribution in [2.24, 2.45) is 5.92 Å². The van der Waals surface area contributed by atoms with E-state index in [2.05, 4.69) is 5.32 Å². The van der Waals surface area contributed by atoms with Gasteiger partial charge in [-0.3, -0.25) is 24.5 Å². The molecule has 1 N–H and O–H groups in total. The highest BCUT2D eigenvalue weighted by molar-refractivity contribution is 6.30. The number of hydrogen-bond donors (Lipinski definition) is 1. The highest BCUT2D eigenvalue weighted by Crippen LogP contribution is 2.27. The van der Waals surface area contributed by atoms with E-state index in [0.717, 1.165) is 0 Å². The molecule has 150 valence electrons. The molecule has 10 heteroatoms. The van der Waals surface area contributed by atoms with Crippen LogP contribution in [-0.2, 0) is 19.1 Å². The molecule has 2 aromatic carbocycles. The van der Waals surface area contributed by atoms with Gasteiger partial charge in [-0.2, -0.15) is 0 Å². The predicted octanol–water partition coefficient (Wildman–Crippen LogP) is 2.78. The smallest absolute Gasteiger partial charge is 0.311 e. The zero-order valence-electron chi connectivity index (χ0n) is 15.0. The van der Waals surface area contributed by atoms with Gasteiger partial charge in [0.15, 0.2) is 6.61 Å². The summed E-state index contributed by atoms with van der Waals surface area (Å²) in [4.78, 5) is 47.9. The average Bonchev–Trinajstić information content (AvgIpc) is 3.08. The molecule has 2 aromatic rings. The molecule has 1 saturated heterocycles. The molecule has 9 nitrogen and oxygen atoms in total. The van der Waals surface area contributed by atoms with Crippen LogP contribution in [0.3, 0.4) is 0 Å². The highest BCUT2D eigenvalue weighted by atomic mass is 35.5. The van der Waals surface area contributed by atoms with Gasteiger partial charge in [-0.05, 0) is 30.3 Å². The van der Waals surface area contributed by atoms with Crippen molar-refractivity contribution in [2.75, 3.05) is 23.4 Å². The Kier molecular flexibility index (Phi) is 6.08. The fourth-order valence-electron chi connectivity index (χ4n) is 2.89. The van der Waals surface area contributed by atoms with Crippen LogP contribution < -0.4 is 10.2 Å². The van der Waals surface area contributed by atoms with Crippen LogP contribution in [0.1, 0.15) is 6.42 Å². The van der Waals surface area contributed by atoms with E-state index < -0.39 is 29.3 Å². The predicted molar refractivity (Wildman–Crippen MR) is 105 cm³/mol. The summed E-state index contributed by atoms with van der Waals surface area (Å²) in [5.41, 5.74) is 0.829. The monoisotopic (exact) mass is 417 g/mol. The molecule has 1 aliphatic rings. The van der Waals surface area contributed by atoms with Crippen molar-refractivity contribution in [2.45, 2.75) is 6.42 Å². The molecular formula is C19H16ClN3O6. The quantitative estimate of drug-likeness (QED) is 0.438. The number of rotatable bonds is 6. The average molecular weight is 418 g/mol. The van der Waals surface area contributed by atoms with E-state index in [1.807, 2.05) is 0 Å². The maximum absolute atomic E-state index is 12.2. The number of carbonyl (C=O) groups excluding carboxylic acids is 3. The van der Waals surface area contributed by atoms with Crippen LogP contribution in [0.5, 0.6) is 0 Å². The number of nitrogens with zero attached hydrogens (tertiary/aromatic N) is 2. The highest BCUT2D eigenvalue weighted by Gasteiger charge is 2.36. The molecule has 0 radical (unpaired) electrons. The van der Waals surface area contributed by atoms with Crippen LogP contribution >= 0.6 is 11.6 Å². The van der Waals surface area contributed by atoms with Gasteiger partial charge in [0, 0.05) is 41.5 Å². The Morgan fingerprint density at radius 3 is 2.62 bits per heavy atom. The lowest BCUT2D eigenvalue weighted by Gasteiger charge is -2.16. The fraction of sp³-hybridized carbons (Fsp3) is 0.211. The summed E-state index contributed by atoms with van der Waals surface area (Å²) in [5, 5.41) is 13.7. The van der Waals surface area contributed by atoms with Gasteiger partial charge in [0.2, 0.25) is 5.91 Å². The SMILES string of the molecule is O=C(COC(=O)[C@@H]1CC(=O)N(c2ccc([N+](=O)[O-])cc2)C1)Nc1cccc(Cl)c1. The zero-order valence-corrected chi connectivity index (χ0v) is 15.8. The van der Waals surface area contributed by atoms with Crippen molar-refractivity contribution in [1.82, 2.24) is 0 Å². The number of nitro groups is 1. The second kappa shape index (κ2) is 8.70. The molecule has 0 aliphatic carbocycles. The van der Waals surface area contributed by atoms with E-state index in [4.69, 9.17) is 16.3 Å². The molecule has 1 atom stereocenters. The third-order valence-corrected chi connectivity index (χ3v) is 4.52. The van der Waals surface area contributed by atoms with E-state index in [-0.39, 0.29) is 24.6 Å². The van der Waals surface area contributed by atoms with E-state index in [0.29, 0.717) is 16.4 Å². The van der Waals surface area contributed by atoms with Crippen molar-refractivity contribution < 1.29 is 24.0 Å². The summed E-state index contributed by atoms with van der Waals surface area (Å²) in [5.74, 6) is -2.22. The van der Waals surface area contributed by atoms with Crippen LogP contribution in [0, 0.1) is 16.0 Å². The minimum Gasteiger partial charge on any atom is -0.455 e. The molecule has 0 unspecified atom stereocenters. The van der Waals surface area contributed by atoms with Gasteiger partial charge in [-0.15, -0.1) is 0 Å². The lowest BCUT2D eigenvalue weighted by atomic mass is 10.1. The summed E-state index contributed by atoms with van der Waals surface area (Å²) in [6, 6.07) is 12.0. The van der Waals surface area contributed by atoms with E-state index in [1.165, 1.54) is 29.2 Å². The number of benzene rings is 2. The number of carbonyl (C=O) groups is 3. The van der Waals surface area contributed by atoms with Gasteiger partial charge in [0.05, 0.1) is 10.8 Å². The molecule has 1 aliphatic heterocycles. The fourth-order valence-corrected chi connectivity index (χ4v) is 3.08. The van der Waals surface area contributed by atoms with Crippen LogP contribution in [0.15, 0.2) is 48.5 Å². The van der Waals surface area contributed by atoms with Gasteiger partial charge in [-0.1, -0.05) is 17.7 Å².